The predicted octanol–water partition coefficient (Wildman–Crippen LogP) is 1.75. The summed E-state index contributed by atoms with van der Waals surface area (Å²) >= 11 is 1.42. The first-order chi connectivity index (χ1) is 13.8. The molecule has 1 N–H and O–H groups in total. The summed E-state index contributed by atoms with van der Waals surface area (Å²) in [6.45, 7) is 3.20. The molecule has 0 fully saturated rings. The van der Waals surface area contributed by atoms with Crippen molar-refractivity contribution in [2.24, 2.45) is 0 Å². The molecule has 9 heteroatoms. The van der Waals surface area contributed by atoms with Crippen molar-refractivity contribution >= 4 is 29.5 Å². The van der Waals surface area contributed by atoms with Gasteiger partial charge in [-0.15, -0.1) is 0 Å². The summed E-state index contributed by atoms with van der Waals surface area (Å²) in [6, 6.07) is 8.92. The van der Waals surface area contributed by atoms with Crippen LogP contribution in [0.25, 0.3) is 0 Å². The van der Waals surface area contributed by atoms with Gasteiger partial charge in [0, 0.05) is 31.2 Å². The summed E-state index contributed by atoms with van der Waals surface area (Å²) in [4.78, 5) is 45.8. The van der Waals surface area contributed by atoms with Crippen molar-refractivity contribution in [2.45, 2.75) is 24.8 Å². The van der Waals surface area contributed by atoms with E-state index in [0.717, 1.165) is 17.0 Å². The zero-order chi connectivity index (χ0) is 21.4. The maximum absolute atomic E-state index is 12.4. The number of esters is 1. The molecule has 1 aromatic heterocycles. The summed E-state index contributed by atoms with van der Waals surface area (Å²) in [5, 5.41) is 3.05. The Hall–Kier alpha value is -2.94. The summed E-state index contributed by atoms with van der Waals surface area (Å²) in [6.07, 6.45) is 0. The average molecular weight is 417 g/mol. The van der Waals surface area contributed by atoms with Crippen molar-refractivity contribution in [1.29, 1.82) is 0 Å². The number of amides is 2. The quantitative estimate of drug-likeness (QED) is 0.397. The molecule has 2 rings (SSSR count). The fraction of sp³-hybridized carbons (Fsp3) is 0.350. The Kier molecular flexibility index (Phi) is 8.14. The van der Waals surface area contributed by atoms with Gasteiger partial charge in [0.15, 0.2) is 11.8 Å². The molecule has 0 saturated heterocycles. The average Bonchev–Trinajstić information content (AvgIpc) is 2.68. The van der Waals surface area contributed by atoms with Crippen LogP contribution in [0.15, 0.2) is 35.5 Å². The second kappa shape index (κ2) is 10.6. The molecule has 0 radical (unpaired) electrons. The van der Waals surface area contributed by atoms with Crippen LogP contribution < -0.4 is 5.32 Å². The van der Waals surface area contributed by atoms with E-state index in [1.54, 1.807) is 26.2 Å². The number of thioether (sulfide) groups is 1. The number of nitrogens with one attached hydrogen (secondary N) is 1. The first-order valence-corrected chi connectivity index (χ1v) is 9.91. The maximum atomic E-state index is 12.4. The van der Waals surface area contributed by atoms with E-state index in [4.69, 9.17) is 4.74 Å². The number of rotatable bonds is 8. The second-order valence-corrected chi connectivity index (χ2v) is 7.46. The molecule has 2 aromatic rings. The van der Waals surface area contributed by atoms with Gasteiger partial charge in [-0.3, -0.25) is 9.59 Å². The lowest BCUT2D eigenvalue weighted by Gasteiger charge is -2.12. The minimum atomic E-state index is -0.600. The van der Waals surface area contributed by atoms with Crippen LogP contribution in [-0.2, 0) is 20.1 Å². The highest BCUT2D eigenvalue weighted by atomic mass is 32.2. The van der Waals surface area contributed by atoms with Gasteiger partial charge in [-0.2, -0.15) is 0 Å². The molecule has 8 nitrogen and oxygen atoms in total. The molecular formula is C20H24N4O4S. The zero-order valence-electron chi connectivity index (χ0n) is 16.9. The normalized spacial score (nSPS) is 10.3. The highest BCUT2D eigenvalue weighted by Crippen LogP contribution is 2.22. The molecule has 0 aliphatic carbocycles. The van der Waals surface area contributed by atoms with E-state index in [2.05, 4.69) is 15.3 Å². The molecule has 1 heterocycles. The van der Waals surface area contributed by atoms with Crippen molar-refractivity contribution in [2.75, 3.05) is 27.2 Å². The number of ether oxygens (including phenoxy) is 1. The van der Waals surface area contributed by atoms with Crippen LogP contribution in [0.3, 0.4) is 0 Å². The molecule has 0 aliphatic heterocycles. The van der Waals surface area contributed by atoms with Crippen molar-refractivity contribution in [3.8, 4) is 0 Å². The fourth-order valence-corrected chi connectivity index (χ4v) is 3.29. The number of aryl methyl sites for hydroxylation is 2. The topological polar surface area (TPSA) is 101 Å². The number of hydrogen-bond donors (Lipinski definition) is 1. The van der Waals surface area contributed by atoms with E-state index < -0.39 is 18.5 Å². The van der Waals surface area contributed by atoms with Gasteiger partial charge in [0.1, 0.15) is 0 Å². The number of benzene rings is 1. The Morgan fingerprint density at radius 1 is 1.10 bits per heavy atom. The third-order valence-corrected chi connectivity index (χ3v) is 4.72. The van der Waals surface area contributed by atoms with Crippen LogP contribution in [0.4, 0.5) is 0 Å². The molecule has 0 unspecified atom stereocenters. The fourth-order valence-electron chi connectivity index (χ4n) is 2.34. The SMILES string of the molecule is Cc1cc(C)nc(SCc2ccccc2C(=O)OCC(=O)NCC(=O)N(C)C)n1. The van der Waals surface area contributed by atoms with E-state index in [-0.39, 0.29) is 12.5 Å². The Bertz CT molecular complexity index is 882. The molecule has 0 bridgehead atoms. The van der Waals surface area contributed by atoms with E-state index in [1.165, 1.54) is 16.7 Å². The molecule has 2 amide bonds. The Balaban J connectivity index is 1.94. The number of carbonyl (C=O) groups excluding carboxylic acids is 3. The number of likely N-dealkylation sites (N-methyl/N-ethyl adjacent to an activating group) is 1. The standard InChI is InChI=1S/C20H24N4O4S/c1-13-9-14(2)23-20(22-13)29-12-15-7-5-6-8-16(15)19(27)28-11-17(25)21-10-18(26)24(3)4/h5-9H,10-12H2,1-4H3,(H,21,25). The minimum Gasteiger partial charge on any atom is -0.452 e. The minimum absolute atomic E-state index is 0.146. The molecule has 0 saturated carbocycles. The van der Waals surface area contributed by atoms with E-state index >= 15 is 0 Å². The molecule has 0 aliphatic rings. The lowest BCUT2D eigenvalue weighted by molar-refractivity contribution is -0.131. The Morgan fingerprint density at radius 2 is 1.76 bits per heavy atom. The zero-order valence-corrected chi connectivity index (χ0v) is 17.7. The van der Waals surface area contributed by atoms with Crippen molar-refractivity contribution in [3.05, 3.63) is 52.8 Å². The summed E-state index contributed by atoms with van der Waals surface area (Å²) < 4.78 is 5.10. The molecule has 0 atom stereocenters. The summed E-state index contributed by atoms with van der Waals surface area (Å²) in [5.41, 5.74) is 2.90. The number of aromatic nitrogens is 2. The lowest BCUT2D eigenvalue weighted by Crippen LogP contribution is -2.38. The first-order valence-electron chi connectivity index (χ1n) is 8.93. The first kappa shape index (κ1) is 22.4. The summed E-state index contributed by atoms with van der Waals surface area (Å²) in [7, 11) is 3.18. The monoisotopic (exact) mass is 416 g/mol. The van der Waals surface area contributed by atoms with Gasteiger partial charge < -0.3 is 15.0 Å². The van der Waals surface area contributed by atoms with Crippen LogP contribution >= 0.6 is 11.8 Å². The van der Waals surface area contributed by atoms with Crippen LogP contribution in [0, 0.1) is 13.8 Å². The Labute approximate surface area is 174 Å². The van der Waals surface area contributed by atoms with E-state index in [1.807, 2.05) is 32.0 Å². The van der Waals surface area contributed by atoms with Crippen molar-refractivity contribution in [3.63, 3.8) is 0 Å². The number of hydrogen-bond acceptors (Lipinski definition) is 7. The second-order valence-electron chi connectivity index (χ2n) is 6.52. The van der Waals surface area contributed by atoms with E-state index in [9.17, 15) is 14.4 Å². The number of carbonyl (C=O) groups is 3. The maximum Gasteiger partial charge on any atom is 0.338 e. The van der Waals surface area contributed by atoms with Crippen LogP contribution in [0.5, 0.6) is 0 Å². The van der Waals surface area contributed by atoms with Gasteiger partial charge in [-0.25, -0.2) is 14.8 Å². The smallest absolute Gasteiger partial charge is 0.338 e. The highest BCUT2D eigenvalue weighted by molar-refractivity contribution is 7.98. The third-order valence-electron chi connectivity index (χ3n) is 3.83. The van der Waals surface area contributed by atoms with E-state index in [0.29, 0.717) is 16.5 Å². The van der Waals surface area contributed by atoms with Crippen LogP contribution in [0.2, 0.25) is 0 Å². The molecule has 1 aromatic carbocycles. The lowest BCUT2D eigenvalue weighted by atomic mass is 10.1. The Morgan fingerprint density at radius 3 is 2.41 bits per heavy atom. The highest BCUT2D eigenvalue weighted by Gasteiger charge is 2.15. The van der Waals surface area contributed by atoms with Crippen molar-refractivity contribution in [1.82, 2.24) is 20.2 Å². The van der Waals surface area contributed by atoms with Gasteiger partial charge in [0.05, 0.1) is 12.1 Å². The third kappa shape index (κ3) is 7.19. The summed E-state index contributed by atoms with van der Waals surface area (Å²) in [5.74, 6) is -0.904. The molecule has 0 spiro atoms. The van der Waals surface area contributed by atoms with Gasteiger partial charge in [0.25, 0.3) is 5.91 Å². The van der Waals surface area contributed by atoms with Crippen LogP contribution in [0.1, 0.15) is 27.3 Å². The predicted molar refractivity (Wildman–Crippen MR) is 109 cm³/mol. The van der Waals surface area contributed by atoms with Gasteiger partial charge in [-0.05, 0) is 31.5 Å². The largest absolute Gasteiger partial charge is 0.452 e. The van der Waals surface area contributed by atoms with Gasteiger partial charge in [0.2, 0.25) is 5.91 Å². The van der Waals surface area contributed by atoms with Crippen molar-refractivity contribution < 1.29 is 19.1 Å². The van der Waals surface area contributed by atoms with Gasteiger partial charge in [-0.1, -0.05) is 30.0 Å². The molecule has 154 valence electrons. The molecular weight excluding hydrogens is 392 g/mol. The molecule has 29 heavy (non-hydrogen) atoms. The van der Waals surface area contributed by atoms with Crippen LogP contribution in [-0.4, -0.2) is 59.9 Å². The van der Waals surface area contributed by atoms with Gasteiger partial charge >= 0.3 is 5.97 Å². The number of nitrogens with zero attached hydrogens (tertiary/aromatic N) is 3.